The lowest BCUT2D eigenvalue weighted by Crippen LogP contribution is -2.40. The van der Waals surface area contributed by atoms with Gasteiger partial charge in [0.1, 0.15) is 5.60 Å². The first-order valence-corrected chi connectivity index (χ1v) is 6.02. The summed E-state index contributed by atoms with van der Waals surface area (Å²) >= 11 is 0. The van der Waals surface area contributed by atoms with Crippen LogP contribution in [0.15, 0.2) is 5.11 Å². The summed E-state index contributed by atoms with van der Waals surface area (Å²) in [7, 11) is 0. The predicted octanol–water partition coefficient (Wildman–Crippen LogP) is 2.06. The van der Waals surface area contributed by atoms with Gasteiger partial charge in [-0.2, -0.15) is 0 Å². The fourth-order valence-electron chi connectivity index (χ4n) is 1.83. The Labute approximate surface area is 106 Å². The zero-order valence-electron chi connectivity index (χ0n) is 11.0. The number of hydrogen-bond acceptors (Lipinski definition) is 4. The summed E-state index contributed by atoms with van der Waals surface area (Å²) in [4.78, 5) is 16.1. The van der Waals surface area contributed by atoms with E-state index in [9.17, 15) is 9.90 Å². The predicted molar refractivity (Wildman–Crippen MR) is 66.0 cm³/mol. The van der Waals surface area contributed by atoms with Crippen LogP contribution in [0.3, 0.4) is 0 Å². The highest BCUT2D eigenvalue weighted by Gasteiger charge is 2.28. The first kappa shape index (κ1) is 14.6. The molecule has 1 fully saturated rings. The standard InChI is InChI=1S/C11H20N4O3/c1-11(2,3)18-10(17)15-5-4-8(13-14-12)6-9(16)7-15/h8-9,16H,4-7H2,1-3H3/t8-,9+/m1/s1. The van der Waals surface area contributed by atoms with Gasteiger partial charge >= 0.3 is 6.09 Å². The summed E-state index contributed by atoms with van der Waals surface area (Å²) < 4.78 is 5.25. The van der Waals surface area contributed by atoms with Crippen LogP contribution in [0.25, 0.3) is 10.4 Å². The monoisotopic (exact) mass is 256 g/mol. The van der Waals surface area contributed by atoms with Gasteiger partial charge in [-0.1, -0.05) is 5.11 Å². The van der Waals surface area contributed by atoms with Crippen molar-refractivity contribution in [1.29, 1.82) is 0 Å². The van der Waals surface area contributed by atoms with Gasteiger partial charge in [-0.15, -0.1) is 0 Å². The molecular formula is C11H20N4O3. The van der Waals surface area contributed by atoms with Crippen LogP contribution in [0.4, 0.5) is 4.79 Å². The molecule has 1 N–H and O–H groups in total. The average molecular weight is 256 g/mol. The third-order valence-corrected chi connectivity index (χ3v) is 2.57. The molecule has 7 heteroatoms. The summed E-state index contributed by atoms with van der Waals surface area (Å²) in [5, 5.41) is 13.4. The van der Waals surface area contributed by atoms with Crippen molar-refractivity contribution in [1.82, 2.24) is 4.90 Å². The van der Waals surface area contributed by atoms with Crippen molar-refractivity contribution in [3.63, 3.8) is 0 Å². The van der Waals surface area contributed by atoms with Gasteiger partial charge in [0.2, 0.25) is 0 Å². The average Bonchev–Trinajstić information content (AvgIpc) is 2.38. The number of azide groups is 1. The first-order valence-electron chi connectivity index (χ1n) is 6.02. The topological polar surface area (TPSA) is 98.5 Å². The Morgan fingerprint density at radius 3 is 2.78 bits per heavy atom. The van der Waals surface area contributed by atoms with Gasteiger partial charge in [0.15, 0.2) is 0 Å². The summed E-state index contributed by atoms with van der Waals surface area (Å²) in [6, 6.07) is -0.266. The van der Waals surface area contributed by atoms with Crippen molar-refractivity contribution in [2.45, 2.75) is 51.4 Å². The minimum absolute atomic E-state index is 0.215. The Kier molecular flexibility index (Phi) is 4.81. The van der Waals surface area contributed by atoms with E-state index < -0.39 is 17.8 Å². The number of ether oxygens (including phenoxy) is 1. The summed E-state index contributed by atoms with van der Waals surface area (Å²) in [6.45, 7) is 6.02. The summed E-state index contributed by atoms with van der Waals surface area (Å²) in [6.07, 6.45) is -0.206. The lowest BCUT2D eigenvalue weighted by Gasteiger charge is -2.27. The third-order valence-electron chi connectivity index (χ3n) is 2.57. The van der Waals surface area contributed by atoms with Crippen molar-refractivity contribution < 1.29 is 14.6 Å². The van der Waals surface area contributed by atoms with Gasteiger partial charge in [-0.25, -0.2) is 4.79 Å². The van der Waals surface area contributed by atoms with Crippen molar-refractivity contribution in [2.75, 3.05) is 13.1 Å². The molecular weight excluding hydrogens is 236 g/mol. The van der Waals surface area contributed by atoms with E-state index in [4.69, 9.17) is 10.3 Å². The van der Waals surface area contributed by atoms with E-state index in [2.05, 4.69) is 10.0 Å². The third kappa shape index (κ3) is 4.81. The maximum Gasteiger partial charge on any atom is 0.410 e. The van der Waals surface area contributed by atoms with Gasteiger partial charge in [-0.05, 0) is 39.1 Å². The quantitative estimate of drug-likeness (QED) is 0.441. The summed E-state index contributed by atoms with van der Waals surface area (Å²) in [5.74, 6) is 0. The molecule has 0 spiro atoms. The molecule has 0 bridgehead atoms. The Hall–Kier alpha value is -1.46. The fourth-order valence-corrected chi connectivity index (χ4v) is 1.83. The van der Waals surface area contributed by atoms with Gasteiger partial charge in [-0.3, -0.25) is 0 Å². The van der Waals surface area contributed by atoms with Crippen LogP contribution >= 0.6 is 0 Å². The van der Waals surface area contributed by atoms with Crippen LogP contribution in [0, 0.1) is 0 Å². The van der Waals surface area contributed by atoms with Crippen molar-refractivity contribution >= 4 is 6.09 Å². The molecule has 1 amide bonds. The highest BCUT2D eigenvalue weighted by atomic mass is 16.6. The molecule has 0 aromatic rings. The number of nitrogens with zero attached hydrogens (tertiary/aromatic N) is 4. The number of hydrogen-bond donors (Lipinski definition) is 1. The van der Waals surface area contributed by atoms with E-state index in [1.807, 2.05) is 0 Å². The number of carbonyl (C=O) groups excluding carboxylic acids is 1. The Morgan fingerprint density at radius 1 is 1.56 bits per heavy atom. The van der Waals surface area contributed by atoms with Crippen LogP contribution in [0.1, 0.15) is 33.6 Å². The molecule has 0 radical (unpaired) electrons. The molecule has 0 aliphatic carbocycles. The van der Waals surface area contributed by atoms with E-state index in [1.54, 1.807) is 20.8 Å². The second-order valence-electron chi connectivity index (χ2n) is 5.46. The Bertz CT molecular complexity index is 347. The summed E-state index contributed by atoms with van der Waals surface area (Å²) in [5.41, 5.74) is 7.84. The molecule has 2 atom stereocenters. The Morgan fingerprint density at radius 2 is 2.22 bits per heavy atom. The number of amides is 1. The number of aliphatic hydroxyl groups is 1. The van der Waals surface area contributed by atoms with E-state index in [-0.39, 0.29) is 12.6 Å². The molecule has 1 rings (SSSR count). The van der Waals surface area contributed by atoms with Gasteiger partial charge < -0.3 is 14.7 Å². The van der Waals surface area contributed by atoms with Crippen molar-refractivity contribution in [3.8, 4) is 0 Å². The van der Waals surface area contributed by atoms with Crippen LogP contribution in [0.2, 0.25) is 0 Å². The van der Waals surface area contributed by atoms with Gasteiger partial charge in [0.25, 0.3) is 0 Å². The molecule has 1 heterocycles. The molecule has 1 aliphatic rings. The zero-order chi connectivity index (χ0) is 13.8. The van der Waals surface area contributed by atoms with Crippen LogP contribution < -0.4 is 0 Å². The van der Waals surface area contributed by atoms with E-state index in [1.165, 1.54) is 4.90 Å². The minimum Gasteiger partial charge on any atom is -0.444 e. The SMILES string of the molecule is CC(C)(C)OC(=O)N1CC[C@@H](N=[N+]=[N-])C[C@H](O)C1. The van der Waals surface area contributed by atoms with Crippen LogP contribution in [-0.2, 0) is 4.74 Å². The highest BCUT2D eigenvalue weighted by Crippen LogP contribution is 2.17. The number of β-amino-alcohol motifs (C(OH)–C–C–N with tert-alkyl or cyclic N) is 1. The Balaban J connectivity index is 2.63. The van der Waals surface area contributed by atoms with E-state index in [0.29, 0.717) is 19.4 Å². The highest BCUT2D eigenvalue weighted by molar-refractivity contribution is 5.68. The maximum atomic E-state index is 11.9. The van der Waals surface area contributed by atoms with Crippen molar-refractivity contribution in [2.24, 2.45) is 5.11 Å². The fraction of sp³-hybridized carbons (Fsp3) is 0.909. The zero-order valence-corrected chi connectivity index (χ0v) is 11.0. The molecule has 102 valence electrons. The van der Waals surface area contributed by atoms with Crippen LogP contribution in [0.5, 0.6) is 0 Å². The second kappa shape index (κ2) is 5.93. The van der Waals surface area contributed by atoms with E-state index in [0.717, 1.165) is 0 Å². The molecule has 0 saturated carbocycles. The molecule has 1 aliphatic heterocycles. The maximum absolute atomic E-state index is 11.9. The molecule has 0 aromatic heterocycles. The minimum atomic E-state index is -0.685. The van der Waals surface area contributed by atoms with Gasteiger partial charge in [0, 0.05) is 24.0 Å². The number of carbonyl (C=O) groups is 1. The number of rotatable bonds is 1. The molecule has 7 nitrogen and oxygen atoms in total. The van der Waals surface area contributed by atoms with Gasteiger partial charge in [0.05, 0.1) is 6.10 Å². The lowest BCUT2D eigenvalue weighted by atomic mass is 10.1. The molecule has 0 unspecified atom stereocenters. The molecule has 1 saturated heterocycles. The first-order chi connectivity index (χ1) is 8.31. The molecule has 18 heavy (non-hydrogen) atoms. The molecule has 0 aromatic carbocycles. The van der Waals surface area contributed by atoms with E-state index >= 15 is 0 Å². The largest absolute Gasteiger partial charge is 0.444 e. The van der Waals surface area contributed by atoms with Crippen LogP contribution in [-0.4, -0.2) is 46.9 Å². The second-order valence-corrected chi connectivity index (χ2v) is 5.46. The number of likely N-dealkylation sites (tertiary alicyclic amines) is 1. The smallest absolute Gasteiger partial charge is 0.410 e. The lowest BCUT2D eigenvalue weighted by molar-refractivity contribution is 0.0173. The normalized spacial score (nSPS) is 25.0. The van der Waals surface area contributed by atoms with Crippen molar-refractivity contribution in [3.05, 3.63) is 10.4 Å². The number of aliphatic hydroxyl groups excluding tert-OH is 1.